The van der Waals surface area contributed by atoms with Crippen LogP contribution in [0.15, 0.2) is 24.3 Å². The van der Waals surface area contributed by atoms with Gasteiger partial charge >= 0.3 is 0 Å². The fourth-order valence-corrected chi connectivity index (χ4v) is 2.54. The summed E-state index contributed by atoms with van der Waals surface area (Å²) < 4.78 is 5.14. The molecule has 3 atom stereocenters. The number of rotatable bonds is 3. The highest BCUT2D eigenvalue weighted by molar-refractivity contribution is 5.94. The van der Waals surface area contributed by atoms with E-state index in [1.807, 2.05) is 12.1 Å². The van der Waals surface area contributed by atoms with Gasteiger partial charge in [-0.2, -0.15) is 0 Å². The van der Waals surface area contributed by atoms with Crippen LogP contribution < -0.4 is 15.4 Å². The van der Waals surface area contributed by atoms with Gasteiger partial charge < -0.3 is 15.4 Å². The minimum atomic E-state index is -0.0351. The Bertz CT molecular complexity index is 448. The van der Waals surface area contributed by atoms with E-state index < -0.39 is 0 Å². The Morgan fingerprint density at radius 1 is 1.37 bits per heavy atom. The van der Waals surface area contributed by atoms with E-state index >= 15 is 0 Å². The van der Waals surface area contributed by atoms with Gasteiger partial charge in [-0.15, -0.1) is 0 Å². The topological polar surface area (TPSA) is 50.4 Å². The number of piperidine rings is 1. The van der Waals surface area contributed by atoms with E-state index in [0.717, 1.165) is 12.8 Å². The number of amides is 1. The van der Waals surface area contributed by atoms with Gasteiger partial charge in [0, 0.05) is 23.7 Å². The van der Waals surface area contributed by atoms with E-state index in [1.165, 1.54) is 0 Å². The van der Waals surface area contributed by atoms with Crippen LogP contribution in [0.25, 0.3) is 0 Å². The van der Waals surface area contributed by atoms with E-state index in [9.17, 15) is 4.79 Å². The van der Waals surface area contributed by atoms with Gasteiger partial charge in [0.2, 0.25) is 0 Å². The van der Waals surface area contributed by atoms with Crippen LogP contribution in [0.3, 0.4) is 0 Å². The Kier molecular flexibility index (Phi) is 4.43. The Balaban J connectivity index is 2.00. The van der Waals surface area contributed by atoms with Crippen molar-refractivity contribution >= 4 is 5.91 Å². The smallest absolute Gasteiger partial charge is 0.251 e. The lowest BCUT2D eigenvalue weighted by Gasteiger charge is -2.34. The van der Waals surface area contributed by atoms with Gasteiger partial charge in [-0.1, -0.05) is 6.07 Å². The van der Waals surface area contributed by atoms with Crippen molar-refractivity contribution in [3.05, 3.63) is 29.8 Å². The molecule has 104 valence electrons. The van der Waals surface area contributed by atoms with Crippen LogP contribution >= 0.6 is 0 Å². The molecule has 1 aromatic rings. The Morgan fingerprint density at radius 3 is 2.84 bits per heavy atom. The molecule has 1 heterocycles. The van der Waals surface area contributed by atoms with Crippen molar-refractivity contribution in [3.63, 3.8) is 0 Å². The third-order valence-electron chi connectivity index (χ3n) is 3.71. The number of hydrogen-bond acceptors (Lipinski definition) is 3. The SMILES string of the molecule is COc1cccc(C(=O)NC2CCC(C)NC2C)c1. The molecule has 0 radical (unpaired) electrons. The average molecular weight is 262 g/mol. The van der Waals surface area contributed by atoms with E-state index in [0.29, 0.717) is 23.4 Å². The molecule has 0 saturated carbocycles. The molecule has 0 aliphatic carbocycles. The summed E-state index contributed by atoms with van der Waals surface area (Å²) in [6, 6.07) is 8.26. The van der Waals surface area contributed by atoms with Crippen LogP contribution in [0.4, 0.5) is 0 Å². The molecule has 1 aromatic carbocycles. The molecule has 19 heavy (non-hydrogen) atoms. The van der Waals surface area contributed by atoms with Crippen molar-refractivity contribution in [2.75, 3.05) is 7.11 Å². The van der Waals surface area contributed by atoms with Crippen molar-refractivity contribution in [3.8, 4) is 5.75 Å². The van der Waals surface area contributed by atoms with Crippen molar-refractivity contribution in [1.82, 2.24) is 10.6 Å². The second-order valence-corrected chi connectivity index (χ2v) is 5.25. The van der Waals surface area contributed by atoms with E-state index in [1.54, 1.807) is 19.2 Å². The molecule has 1 aliphatic heterocycles. The van der Waals surface area contributed by atoms with Gasteiger partial charge in [0.1, 0.15) is 5.75 Å². The largest absolute Gasteiger partial charge is 0.497 e. The highest BCUT2D eigenvalue weighted by Crippen LogP contribution is 2.16. The monoisotopic (exact) mass is 262 g/mol. The van der Waals surface area contributed by atoms with Crippen LogP contribution in [0, 0.1) is 0 Å². The second kappa shape index (κ2) is 6.06. The zero-order chi connectivity index (χ0) is 13.8. The standard InChI is InChI=1S/C15H22N2O2/c1-10-7-8-14(11(2)16-10)17-15(18)12-5-4-6-13(9-12)19-3/h4-6,9-11,14,16H,7-8H2,1-3H3,(H,17,18). The molecular formula is C15H22N2O2. The van der Waals surface area contributed by atoms with E-state index in [-0.39, 0.29) is 11.9 Å². The van der Waals surface area contributed by atoms with Gasteiger partial charge in [0.05, 0.1) is 7.11 Å². The number of ether oxygens (including phenoxy) is 1. The predicted molar refractivity (Wildman–Crippen MR) is 75.5 cm³/mol. The summed E-state index contributed by atoms with van der Waals surface area (Å²) in [7, 11) is 1.60. The van der Waals surface area contributed by atoms with Crippen LogP contribution in [-0.2, 0) is 0 Å². The maximum Gasteiger partial charge on any atom is 0.251 e. The summed E-state index contributed by atoms with van der Waals surface area (Å²) in [6.45, 7) is 4.29. The molecule has 3 unspecified atom stereocenters. The predicted octanol–water partition coefficient (Wildman–Crippen LogP) is 1.95. The first-order valence-corrected chi connectivity index (χ1v) is 6.81. The lowest BCUT2D eigenvalue weighted by Crippen LogP contribution is -2.54. The van der Waals surface area contributed by atoms with Crippen LogP contribution in [0.1, 0.15) is 37.0 Å². The zero-order valence-electron chi connectivity index (χ0n) is 11.8. The van der Waals surface area contributed by atoms with Crippen molar-refractivity contribution in [1.29, 1.82) is 0 Å². The highest BCUT2D eigenvalue weighted by Gasteiger charge is 2.26. The van der Waals surface area contributed by atoms with Crippen LogP contribution in [-0.4, -0.2) is 31.1 Å². The number of hydrogen-bond donors (Lipinski definition) is 2. The lowest BCUT2D eigenvalue weighted by molar-refractivity contribution is 0.0914. The summed E-state index contributed by atoms with van der Waals surface area (Å²) in [4.78, 5) is 12.2. The molecule has 4 nitrogen and oxygen atoms in total. The first-order chi connectivity index (χ1) is 9.10. The van der Waals surface area contributed by atoms with Gasteiger partial charge in [0.25, 0.3) is 5.91 Å². The summed E-state index contributed by atoms with van der Waals surface area (Å²) in [5, 5.41) is 6.57. The molecule has 1 saturated heterocycles. The Hall–Kier alpha value is -1.55. The highest BCUT2D eigenvalue weighted by atomic mass is 16.5. The molecule has 0 spiro atoms. The lowest BCUT2D eigenvalue weighted by atomic mass is 9.95. The summed E-state index contributed by atoms with van der Waals surface area (Å²) in [5.41, 5.74) is 0.644. The number of carbonyl (C=O) groups is 1. The molecule has 1 fully saturated rings. The Morgan fingerprint density at radius 2 is 2.16 bits per heavy atom. The van der Waals surface area contributed by atoms with Crippen LogP contribution in [0.2, 0.25) is 0 Å². The fourth-order valence-electron chi connectivity index (χ4n) is 2.54. The van der Waals surface area contributed by atoms with E-state index in [2.05, 4.69) is 24.5 Å². The normalized spacial score (nSPS) is 26.8. The molecule has 0 aromatic heterocycles. The molecule has 2 rings (SSSR count). The first kappa shape index (κ1) is 13.9. The molecule has 1 amide bonds. The minimum absolute atomic E-state index is 0.0351. The summed E-state index contributed by atoms with van der Waals surface area (Å²) >= 11 is 0. The van der Waals surface area contributed by atoms with Crippen molar-refractivity contribution < 1.29 is 9.53 Å². The average Bonchev–Trinajstić information content (AvgIpc) is 2.42. The maximum atomic E-state index is 12.2. The second-order valence-electron chi connectivity index (χ2n) is 5.25. The zero-order valence-corrected chi connectivity index (χ0v) is 11.8. The van der Waals surface area contributed by atoms with Crippen LogP contribution in [0.5, 0.6) is 5.75 Å². The summed E-state index contributed by atoms with van der Waals surface area (Å²) in [5.74, 6) is 0.670. The number of benzene rings is 1. The van der Waals surface area contributed by atoms with Gasteiger partial charge in [-0.3, -0.25) is 4.79 Å². The van der Waals surface area contributed by atoms with Gasteiger partial charge in [0.15, 0.2) is 0 Å². The quantitative estimate of drug-likeness (QED) is 0.875. The molecule has 4 heteroatoms. The summed E-state index contributed by atoms with van der Waals surface area (Å²) in [6.07, 6.45) is 2.11. The Labute approximate surface area is 114 Å². The van der Waals surface area contributed by atoms with Gasteiger partial charge in [-0.05, 0) is 44.9 Å². The first-order valence-electron chi connectivity index (χ1n) is 6.81. The maximum absolute atomic E-state index is 12.2. The molecule has 0 bridgehead atoms. The molecule has 2 N–H and O–H groups in total. The third kappa shape index (κ3) is 3.47. The number of nitrogens with one attached hydrogen (secondary N) is 2. The molecule has 1 aliphatic rings. The minimum Gasteiger partial charge on any atom is -0.497 e. The fraction of sp³-hybridized carbons (Fsp3) is 0.533. The van der Waals surface area contributed by atoms with Crippen molar-refractivity contribution in [2.45, 2.75) is 44.8 Å². The number of methoxy groups -OCH3 is 1. The number of carbonyl (C=O) groups excluding carboxylic acids is 1. The third-order valence-corrected chi connectivity index (χ3v) is 3.71. The van der Waals surface area contributed by atoms with Gasteiger partial charge in [-0.25, -0.2) is 0 Å². The van der Waals surface area contributed by atoms with Crippen molar-refractivity contribution in [2.24, 2.45) is 0 Å². The van der Waals surface area contributed by atoms with E-state index in [4.69, 9.17) is 4.74 Å². The molecular weight excluding hydrogens is 240 g/mol.